The number of rotatable bonds is 4. The fourth-order valence-electron chi connectivity index (χ4n) is 2.48. The fourth-order valence-corrected chi connectivity index (χ4v) is 2.67. The highest BCUT2D eigenvalue weighted by Gasteiger charge is 2.19. The first-order valence-corrected chi connectivity index (χ1v) is 6.92. The van der Waals surface area contributed by atoms with Crippen LogP contribution in [0.1, 0.15) is 24.0 Å². The summed E-state index contributed by atoms with van der Waals surface area (Å²) in [4.78, 5) is 2.53. The number of aliphatic hydroxyl groups is 1. The molecule has 1 aliphatic rings. The maximum Gasteiger partial charge on any atom is 0.123 e. The van der Waals surface area contributed by atoms with Crippen molar-refractivity contribution < 1.29 is 9.50 Å². The van der Waals surface area contributed by atoms with Gasteiger partial charge in [-0.2, -0.15) is 0 Å². The molecular weight excluding hydrogens is 263 g/mol. The third kappa shape index (κ3) is 3.72. The average molecular weight is 282 g/mol. The molecule has 1 fully saturated rings. The zero-order valence-electron chi connectivity index (χ0n) is 10.8. The Kier molecular flexibility index (Phi) is 4.85. The van der Waals surface area contributed by atoms with Crippen molar-refractivity contribution in [3.05, 3.63) is 35.1 Å². The van der Waals surface area contributed by atoms with E-state index in [9.17, 15) is 4.39 Å². The van der Waals surface area contributed by atoms with E-state index in [1.165, 1.54) is 12.1 Å². The molecule has 5 heteroatoms. The van der Waals surface area contributed by atoms with Gasteiger partial charge in [-0.3, -0.25) is 4.90 Å². The van der Waals surface area contributed by atoms with Crippen LogP contribution >= 0.6 is 12.2 Å². The van der Waals surface area contributed by atoms with Crippen LogP contribution in [0.25, 0.3) is 0 Å². The Hall–Kier alpha value is -1.04. The van der Waals surface area contributed by atoms with Crippen molar-refractivity contribution in [3.8, 4) is 0 Å². The minimum absolute atomic E-state index is 0.236. The van der Waals surface area contributed by atoms with E-state index in [1.54, 1.807) is 6.07 Å². The highest BCUT2D eigenvalue weighted by atomic mass is 32.1. The molecule has 1 aromatic carbocycles. The molecule has 3 N–H and O–H groups in total. The largest absolute Gasteiger partial charge is 0.396 e. The van der Waals surface area contributed by atoms with Gasteiger partial charge in [0.15, 0.2) is 0 Å². The maximum atomic E-state index is 13.2. The van der Waals surface area contributed by atoms with E-state index in [2.05, 4.69) is 4.90 Å². The van der Waals surface area contributed by atoms with Gasteiger partial charge in [0, 0.05) is 18.7 Å². The predicted molar refractivity (Wildman–Crippen MR) is 77.4 cm³/mol. The highest BCUT2D eigenvalue weighted by molar-refractivity contribution is 7.80. The van der Waals surface area contributed by atoms with Crippen molar-refractivity contribution in [1.82, 2.24) is 4.90 Å². The molecule has 1 aromatic rings. The molecule has 0 unspecified atom stereocenters. The fraction of sp³-hybridized carbons (Fsp3) is 0.500. The van der Waals surface area contributed by atoms with Gasteiger partial charge in [-0.05, 0) is 49.5 Å². The summed E-state index contributed by atoms with van der Waals surface area (Å²) >= 11 is 4.97. The molecule has 3 nitrogen and oxygen atoms in total. The Morgan fingerprint density at radius 3 is 2.68 bits per heavy atom. The number of likely N-dealkylation sites (tertiary alicyclic amines) is 1. The van der Waals surface area contributed by atoms with Gasteiger partial charge < -0.3 is 10.8 Å². The summed E-state index contributed by atoms with van der Waals surface area (Å²) in [5, 5.41) is 9.12. The maximum absolute atomic E-state index is 13.2. The van der Waals surface area contributed by atoms with Crippen LogP contribution in [-0.2, 0) is 6.54 Å². The molecule has 0 amide bonds. The van der Waals surface area contributed by atoms with E-state index in [0.717, 1.165) is 38.0 Å². The second kappa shape index (κ2) is 6.41. The Bertz CT molecular complexity index is 459. The van der Waals surface area contributed by atoms with Crippen LogP contribution in [0.15, 0.2) is 18.2 Å². The first kappa shape index (κ1) is 14.4. The van der Waals surface area contributed by atoms with Crippen LogP contribution in [0.5, 0.6) is 0 Å². The summed E-state index contributed by atoms with van der Waals surface area (Å²) in [6.07, 6.45) is 2.00. The summed E-state index contributed by atoms with van der Waals surface area (Å²) in [6, 6.07) is 4.59. The number of piperidine rings is 1. The molecule has 0 radical (unpaired) electrons. The molecule has 19 heavy (non-hydrogen) atoms. The number of hydrogen-bond acceptors (Lipinski definition) is 3. The Morgan fingerprint density at radius 1 is 1.42 bits per heavy atom. The number of nitrogens with two attached hydrogens (primary N) is 1. The van der Waals surface area contributed by atoms with Gasteiger partial charge >= 0.3 is 0 Å². The molecule has 0 aromatic heterocycles. The number of halogens is 1. The summed E-state index contributed by atoms with van der Waals surface area (Å²) in [5.41, 5.74) is 7.24. The summed E-state index contributed by atoms with van der Waals surface area (Å²) in [5.74, 6) is 0.102. The zero-order chi connectivity index (χ0) is 13.8. The molecule has 0 saturated carbocycles. The smallest absolute Gasteiger partial charge is 0.123 e. The van der Waals surface area contributed by atoms with Gasteiger partial charge in [-0.15, -0.1) is 0 Å². The summed E-state index contributed by atoms with van der Waals surface area (Å²) in [6.45, 7) is 2.88. The van der Waals surface area contributed by atoms with Crippen LogP contribution in [-0.4, -0.2) is 34.7 Å². The topological polar surface area (TPSA) is 49.5 Å². The monoisotopic (exact) mass is 282 g/mol. The molecule has 0 spiro atoms. The first-order valence-electron chi connectivity index (χ1n) is 6.51. The highest BCUT2D eigenvalue weighted by Crippen LogP contribution is 2.20. The number of hydrogen-bond donors (Lipinski definition) is 2. The molecule has 1 heterocycles. The number of thiocarbonyl (C=S) groups is 1. The lowest BCUT2D eigenvalue weighted by Gasteiger charge is -2.31. The van der Waals surface area contributed by atoms with Crippen molar-refractivity contribution in [1.29, 1.82) is 0 Å². The van der Waals surface area contributed by atoms with Crippen LogP contribution in [0.4, 0.5) is 4.39 Å². The van der Waals surface area contributed by atoms with E-state index >= 15 is 0 Å². The SMILES string of the molecule is NC(=S)c1cc(F)ccc1CN1CCC(CO)CC1. The van der Waals surface area contributed by atoms with E-state index in [0.29, 0.717) is 11.5 Å². The summed E-state index contributed by atoms with van der Waals surface area (Å²) < 4.78 is 13.2. The zero-order valence-corrected chi connectivity index (χ0v) is 11.6. The second-order valence-corrected chi connectivity index (χ2v) is 5.51. The van der Waals surface area contributed by atoms with Gasteiger partial charge in [0.2, 0.25) is 0 Å². The lowest BCUT2D eigenvalue weighted by atomic mass is 9.97. The minimum Gasteiger partial charge on any atom is -0.396 e. The lowest BCUT2D eigenvalue weighted by molar-refractivity contribution is 0.127. The van der Waals surface area contributed by atoms with Crippen molar-refractivity contribution in [2.75, 3.05) is 19.7 Å². The van der Waals surface area contributed by atoms with Crippen LogP contribution in [0, 0.1) is 11.7 Å². The van der Waals surface area contributed by atoms with Crippen molar-refractivity contribution in [2.45, 2.75) is 19.4 Å². The molecule has 104 valence electrons. The third-order valence-electron chi connectivity index (χ3n) is 3.70. The quantitative estimate of drug-likeness (QED) is 0.825. The lowest BCUT2D eigenvalue weighted by Crippen LogP contribution is -2.34. The van der Waals surface area contributed by atoms with Crippen LogP contribution in [0.3, 0.4) is 0 Å². The third-order valence-corrected chi connectivity index (χ3v) is 3.92. The predicted octanol–water partition coefficient (Wildman–Crippen LogP) is 1.66. The molecule has 0 bridgehead atoms. The van der Waals surface area contributed by atoms with Gasteiger partial charge in [0.1, 0.15) is 10.8 Å². The van der Waals surface area contributed by atoms with E-state index in [1.807, 2.05) is 0 Å². The minimum atomic E-state index is -0.314. The number of aliphatic hydroxyl groups excluding tert-OH is 1. The first-order chi connectivity index (χ1) is 9.10. The van der Waals surface area contributed by atoms with Gasteiger partial charge in [0.05, 0.1) is 0 Å². The van der Waals surface area contributed by atoms with Gasteiger partial charge in [-0.1, -0.05) is 18.3 Å². The van der Waals surface area contributed by atoms with E-state index in [4.69, 9.17) is 23.1 Å². The molecule has 0 aliphatic carbocycles. The van der Waals surface area contributed by atoms with Crippen molar-refractivity contribution in [2.24, 2.45) is 11.7 Å². The molecule has 1 aliphatic heterocycles. The Morgan fingerprint density at radius 2 is 2.11 bits per heavy atom. The Balaban J connectivity index is 2.05. The molecule has 0 atom stereocenters. The standard InChI is InChI=1S/C14H19FN2OS/c15-12-2-1-11(13(7-12)14(16)19)8-17-5-3-10(9-18)4-6-17/h1-2,7,10,18H,3-6,8-9H2,(H2,16,19). The molecule has 2 rings (SSSR count). The van der Waals surface area contributed by atoms with Crippen LogP contribution in [0.2, 0.25) is 0 Å². The number of benzene rings is 1. The average Bonchev–Trinajstić information content (AvgIpc) is 2.41. The summed E-state index contributed by atoms with van der Waals surface area (Å²) in [7, 11) is 0. The van der Waals surface area contributed by atoms with E-state index in [-0.39, 0.29) is 17.4 Å². The van der Waals surface area contributed by atoms with Gasteiger partial charge in [0.25, 0.3) is 0 Å². The van der Waals surface area contributed by atoms with Gasteiger partial charge in [-0.25, -0.2) is 4.39 Å². The Labute approximate surface area is 118 Å². The van der Waals surface area contributed by atoms with Crippen LogP contribution < -0.4 is 5.73 Å². The second-order valence-electron chi connectivity index (χ2n) is 5.07. The van der Waals surface area contributed by atoms with Crippen molar-refractivity contribution >= 4 is 17.2 Å². The normalized spacial score (nSPS) is 17.6. The van der Waals surface area contributed by atoms with E-state index < -0.39 is 0 Å². The number of nitrogens with zero attached hydrogens (tertiary/aromatic N) is 1. The van der Waals surface area contributed by atoms with Crippen molar-refractivity contribution in [3.63, 3.8) is 0 Å². The molecule has 1 saturated heterocycles. The molecular formula is C14H19FN2OS.